The molecule has 1 aromatic rings. The molecule has 4 heteroatoms. The highest BCUT2D eigenvalue weighted by Crippen LogP contribution is 2.33. The van der Waals surface area contributed by atoms with Crippen molar-refractivity contribution in [1.29, 1.82) is 0 Å². The number of rotatable bonds is 2. The lowest BCUT2D eigenvalue weighted by Gasteiger charge is -2.18. The third kappa shape index (κ3) is 2.39. The second-order valence-corrected chi connectivity index (χ2v) is 6.32. The third-order valence-corrected chi connectivity index (χ3v) is 5.37. The standard InChI is InChI=1S/C12H16BrNOS/c1-2-14-11-7-4-8-16(15)12-9(11)5-3-6-10(12)13/h3,5-6,11,14H,2,4,7-8H2,1H3. The molecule has 1 aliphatic rings. The quantitative estimate of drug-likeness (QED) is 0.910. The van der Waals surface area contributed by atoms with Gasteiger partial charge in [-0.1, -0.05) is 19.1 Å². The second kappa shape index (κ2) is 5.43. The van der Waals surface area contributed by atoms with Gasteiger partial charge in [-0.2, -0.15) is 0 Å². The van der Waals surface area contributed by atoms with Crippen molar-refractivity contribution < 1.29 is 4.21 Å². The lowest BCUT2D eigenvalue weighted by Crippen LogP contribution is -2.21. The van der Waals surface area contributed by atoms with Gasteiger partial charge in [-0.3, -0.25) is 4.21 Å². The Kier molecular flexibility index (Phi) is 4.16. The SMILES string of the molecule is CCNC1CCCS(=O)c2c(Br)cccc21. The molecular formula is C12H16BrNOS. The monoisotopic (exact) mass is 301 g/mol. The van der Waals surface area contributed by atoms with Gasteiger partial charge in [0.2, 0.25) is 0 Å². The van der Waals surface area contributed by atoms with Gasteiger partial charge >= 0.3 is 0 Å². The first-order valence-electron chi connectivity index (χ1n) is 5.64. The Balaban J connectivity index is 2.47. The van der Waals surface area contributed by atoms with Gasteiger partial charge in [0.1, 0.15) is 0 Å². The molecule has 0 saturated carbocycles. The molecule has 0 aliphatic carbocycles. The Hall–Kier alpha value is -0.190. The van der Waals surface area contributed by atoms with Gasteiger partial charge < -0.3 is 5.32 Å². The van der Waals surface area contributed by atoms with Crippen LogP contribution in [0.15, 0.2) is 27.6 Å². The second-order valence-electron chi connectivity index (χ2n) is 3.96. The largest absolute Gasteiger partial charge is 0.310 e. The van der Waals surface area contributed by atoms with Crippen LogP contribution in [-0.2, 0) is 10.8 Å². The minimum Gasteiger partial charge on any atom is -0.310 e. The number of hydrogen-bond acceptors (Lipinski definition) is 2. The summed E-state index contributed by atoms with van der Waals surface area (Å²) >= 11 is 3.51. The summed E-state index contributed by atoms with van der Waals surface area (Å²) in [6, 6.07) is 6.45. The topological polar surface area (TPSA) is 29.1 Å². The molecule has 0 aromatic heterocycles. The number of hydrogen-bond donors (Lipinski definition) is 1. The van der Waals surface area contributed by atoms with Crippen LogP contribution >= 0.6 is 15.9 Å². The van der Waals surface area contributed by atoms with Crippen molar-refractivity contribution in [1.82, 2.24) is 5.32 Å². The van der Waals surface area contributed by atoms with Gasteiger partial charge in [0, 0.05) is 16.3 Å². The highest BCUT2D eigenvalue weighted by molar-refractivity contribution is 9.10. The summed E-state index contributed by atoms with van der Waals surface area (Å²) in [7, 11) is -0.855. The van der Waals surface area contributed by atoms with E-state index < -0.39 is 10.8 Å². The molecule has 0 saturated heterocycles. The Morgan fingerprint density at radius 2 is 2.38 bits per heavy atom. The maximum Gasteiger partial charge on any atom is 0.0577 e. The van der Waals surface area contributed by atoms with E-state index in [0.29, 0.717) is 6.04 Å². The van der Waals surface area contributed by atoms with Crippen molar-refractivity contribution in [3.8, 4) is 0 Å². The lowest BCUT2D eigenvalue weighted by atomic mass is 10.0. The molecule has 0 amide bonds. The van der Waals surface area contributed by atoms with E-state index >= 15 is 0 Å². The molecule has 2 atom stereocenters. The lowest BCUT2D eigenvalue weighted by molar-refractivity contribution is 0.508. The Labute approximate surface area is 107 Å². The van der Waals surface area contributed by atoms with Crippen LogP contribution in [0.25, 0.3) is 0 Å². The molecule has 0 fully saturated rings. The fraction of sp³-hybridized carbons (Fsp3) is 0.500. The summed E-state index contributed by atoms with van der Waals surface area (Å²) in [5, 5.41) is 3.47. The summed E-state index contributed by atoms with van der Waals surface area (Å²) in [6.45, 7) is 3.06. The van der Waals surface area contributed by atoms with E-state index in [2.05, 4.69) is 34.2 Å². The molecule has 2 nitrogen and oxygen atoms in total. The van der Waals surface area contributed by atoms with E-state index in [1.54, 1.807) is 0 Å². The highest BCUT2D eigenvalue weighted by atomic mass is 79.9. The smallest absolute Gasteiger partial charge is 0.0577 e. The highest BCUT2D eigenvalue weighted by Gasteiger charge is 2.23. The van der Waals surface area contributed by atoms with Crippen LogP contribution < -0.4 is 5.32 Å². The van der Waals surface area contributed by atoms with E-state index in [9.17, 15) is 4.21 Å². The van der Waals surface area contributed by atoms with Crippen molar-refractivity contribution in [2.24, 2.45) is 0 Å². The summed E-state index contributed by atoms with van der Waals surface area (Å²) in [5.74, 6) is 0.775. The van der Waals surface area contributed by atoms with Crippen molar-refractivity contribution in [3.05, 3.63) is 28.2 Å². The van der Waals surface area contributed by atoms with Crippen LogP contribution in [0.2, 0.25) is 0 Å². The van der Waals surface area contributed by atoms with Crippen LogP contribution in [0.1, 0.15) is 31.4 Å². The minimum absolute atomic E-state index is 0.351. The molecule has 16 heavy (non-hydrogen) atoms. The minimum atomic E-state index is -0.855. The van der Waals surface area contributed by atoms with Crippen LogP contribution in [0.3, 0.4) is 0 Å². The Bertz CT molecular complexity index is 408. The molecule has 2 unspecified atom stereocenters. The molecule has 1 N–H and O–H groups in total. The predicted octanol–water partition coefficient (Wildman–Crippen LogP) is 3.00. The summed E-state index contributed by atoms with van der Waals surface area (Å²) < 4.78 is 13.1. The molecule has 1 aromatic carbocycles. The predicted molar refractivity (Wildman–Crippen MR) is 71.1 cm³/mol. The van der Waals surface area contributed by atoms with E-state index in [4.69, 9.17) is 0 Å². The third-order valence-electron chi connectivity index (χ3n) is 2.87. The Morgan fingerprint density at radius 3 is 3.12 bits per heavy atom. The van der Waals surface area contributed by atoms with Crippen LogP contribution in [0, 0.1) is 0 Å². The van der Waals surface area contributed by atoms with E-state index in [1.807, 2.05) is 12.1 Å². The fourth-order valence-corrected chi connectivity index (χ4v) is 4.49. The van der Waals surface area contributed by atoms with Crippen LogP contribution in [-0.4, -0.2) is 16.5 Å². The molecule has 0 radical (unpaired) electrons. The zero-order valence-corrected chi connectivity index (χ0v) is 11.7. The fourth-order valence-electron chi connectivity index (χ4n) is 2.17. The van der Waals surface area contributed by atoms with Crippen LogP contribution in [0.5, 0.6) is 0 Å². The maximum absolute atomic E-state index is 12.1. The van der Waals surface area contributed by atoms with Crippen molar-refractivity contribution in [2.45, 2.75) is 30.7 Å². The van der Waals surface area contributed by atoms with Crippen molar-refractivity contribution in [3.63, 3.8) is 0 Å². The first-order valence-corrected chi connectivity index (χ1v) is 7.75. The van der Waals surface area contributed by atoms with Crippen LogP contribution in [0.4, 0.5) is 0 Å². The van der Waals surface area contributed by atoms with Gasteiger partial charge in [-0.25, -0.2) is 0 Å². The number of benzene rings is 1. The molecule has 88 valence electrons. The summed E-state index contributed by atoms with van der Waals surface area (Å²) in [6.07, 6.45) is 2.09. The first-order chi connectivity index (χ1) is 7.74. The van der Waals surface area contributed by atoms with Gasteiger partial charge in [0.05, 0.1) is 15.7 Å². The average molecular weight is 302 g/mol. The first kappa shape index (κ1) is 12.3. The molecule has 0 bridgehead atoms. The van der Waals surface area contributed by atoms with Gasteiger partial charge in [-0.05, 0) is 46.9 Å². The zero-order valence-electron chi connectivity index (χ0n) is 9.33. The molecule has 1 heterocycles. The molecule has 2 rings (SSSR count). The number of halogens is 1. The number of nitrogens with one attached hydrogen (secondary N) is 1. The van der Waals surface area contributed by atoms with E-state index in [1.165, 1.54) is 5.56 Å². The number of fused-ring (bicyclic) bond motifs is 1. The van der Waals surface area contributed by atoms with Crippen molar-refractivity contribution >= 4 is 26.7 Å². The van der Waals surface area contributed by atoms with Gasteiger partial charge in [0.25, 0.3) is 0 Å². The van der Waals surface area contributed by atoms with E-state index in [-0.39, 0.29) is 0 Å². The molecule has 0 spiro atoms. The normalized spacial score (nSPS) is 24.9. The van der Waals surface area contributed by atoms with Crippen molar-refractivity contribution in [2.75, 3.05) is 12.3 Å². The zero-order chi connectivity index (χ0) is 11.5. The average Bonchev–Trinajstić information content (AvgIpc) is 2.41. The van der Waals surface area contributed by atoms with Gasteiger partial charge in [0.15, 0.2) is 0 Å². The summed E-state index contributed by atoms with van der Waals surface area (Å²) in [5.41, 5.74) is 1.20. The molecule has 1 aliphatic heterocycles. The van der Waals surface area contributed by atoms with E-state index in [0.717, 1.165) is 34.5 Å². The van der Waals surface area contributed by atoms with Gasteiger partial charge in [-0.15, -0.1) is 0 Å². The summed E-state index contributed by atoms with van der Waals surface area (Å²) in [4.78, 5) is 0.992. The maximum atomic E-state index is 12.1. The molecular weight excluding hydrogens is 286 g/mol. The Morgan fingerprint density at radius 1 is 1.56 bits per heavy atom.